The summed E-state index contributed by atoms with van der Waals surface area (Å²) in [5.74, 6) is 1.24. The number of benzene rings is 1. The van der Waals surface area contributed by atoms with E-state index in [1.165, 1.54) is 0 Å². The number of carbonyl (C=O) groups is 2. The lowest BCUT2D eigenvalue weighted by molar-refractivity contribution is -0.910. The topological polar surface area (TPSA) is 81.1 Å². The van der Waals surface area contributed by atoms with E-state index in [1.807, 2.05) is 32.0 Å². The van der Waals surface area contributed by atoms with E-state index in [0.29, 0.717) is 0 Å². The van der Waals surface area contributed by atoms with Crippen molar-refractivity contribution in [2.75, 3.05) is 27.3 Å². The van der Waals surface area contributed by atoms with Gasteiger partial charge >= 0.3 is 6.03 Å². The number of ether oxygens (including phenoxy) is 2. The molecular formula is C19H30N3O4+. The molecule has 2 rings (SSSR count). The summed E-state index contributed by atoms with van der Waals surface area (Å²) < 4.78 is 10.8. The van der Waals surface area contributed by atoms with Crippen molar-refractivity contribution in [1.29, 1.82) is 0 Å². The second-order valence-corrected chi connectivity index (χ2v) is 6.72. The quantitative estimate of drug-likeness (QED) is 0.676. The molecule has 3 amide bonds. The van der Waals surface area contributed by atoms with Crippen LogP contribution in [0.15, 0.2) is 18.2 Å². The Bertz CT molecular complexity index is 635. The third kappa shape index (κ3) is 5.11. The van der Waals surface area contributed by atoms with E-state index < -0.39 is 6.03 Å². The first-order valence-corrected chi connectivity index (χ1v) is 9.15. The highest BCUT2D eigenvalue weighted by atomic mass is 16.5. The fourth-order valence-electron chi connectivity index (χ4n) is 3.34. The Labute approximate surface area is 155 Å². The molecule has 3 atom stereocenters. The van der Waals surface area contributed by atoms with Crippen LogP contribution in [0.3, 0.4) is 0 Å². The predicted octanol–water partition coefficient (Wildman–Crippen LogP) is 1.05. The molecule has 0 aliphatic carbocycles. The van der Waals surface area contributed by atoms with Crippen molar-refractivity contribution in [3.63, 3.8) is 0 Å². The van der Waals surface area contributed by atoms with Crippen LogP contribution in [0, 0.1) is 0 Å². The Hall–Kier alpha value is -2.28. The molecule has 1 heterocycles. The van der Waals surface area contributed by atoms with Crippen molar-refractivity contribution in [2.45, 2.75) is 45.2 Å². The fourth-order valence-corrected chi connectivity index (χ4v) is 3.34. The van der Waals surface area contributed by atoms with Crippen molar-refractivity contribution >= 4 is 11.9 Å². The van der Waals surface area contributed by atoms with Crippen LogP contribution in [0.1, 0.15) is 44.7 Å². The summed E-state index contributed by atoms with van der Waals surface area (Å²) in [6, 6.07) is 5.55. The molecule has 0 saturated carbocycles. The number of amides is 3. The van der Waals surface area contributed by atoms with Gasteiger partial charge in [0.2, 0.25) is 0 Å². The van der Waals surface area contributed by atoms with Crippen molar-refractivity contribution in [3.8, 4) is 11.5 Å². The lowest BCUT2D eigenvalue weighted by Gasteiger charge is -2.23. The Morgan fingerprint density at radius 2 is 2.08 bits per heavy atom. The zero-order valence-corrected chi connectivity index (χ0v) is 16.1. The molecule has 1 aromatic carbocycles. The van der Waals surface area contributed by atoms with Crippen molar-refractivity contribution < 1.29 is 24.0 Å². The van der Waals surface area contributed by atoms with Crippen LogP contribution >= 0.6 is 0 Å². The maximum Gasteiger partial charge on any atom is 0.321 e. The Balaban J connectivity index is 2.02. The SMILES string of the molecule is CC[C@@H](C)NC(=O)NC(=O)C[NH+]1CCC[C@@H]1c1ccc(OC)cc1OC. The second kappa shape index (κ2) is 9.43. The number of nitrogens with one attached hydrogen (secondary N) is 3. The molecule has 1 unspecified atom stereocenters. The number of urea groups is 1. The minimum absolute atomic E-state index is 0.0400. The maximum atomic E-state index is 12.3. The van der Waals surface area contributed by atoms with Gasteiger partial charge in [0.05, 0.1) is 26.3 Å². The first kappa shape index (κ1) is 20.0. The predicted molar refractivity (Wildman–Crippen MR) is 98.6 cm³/mol. The summed E-state index contributed by atoms with van der Waals surface area (Å²) in [4.78, 5) is 25.2. The lowest BCUT2D eigenvalue weighted by atomic mass is 10.0. The zero-order chi connectivity index (χ0) is 19.1. The van der Waals surface area contributed by atoms with Crippen molar-refractivity contribution in [1.82, 2.24) is 10.6 Å². The van der Waals surface area contributed by atoms with E-state index in [0.717, 1.165) is 47.8 Å². The zero-order valence-electron chi connectivity index (χ0n) is 16.1. The van der Waals surface area contributed by atoms with Gasteiger partial charge in [-0.3, -0.25) is 10.1 Å². The van der Waals surface area contributed by atoms with E-state index in [9.17, 15) is 9.59 Å². The molecule has 1 saturated heterocycles. The standard InChI is InChI=1S/C19H29N3O4/c1-5-13(2)20-19(24)21-18(23)12-22-10-6-7-16(22)15-9-8-14(25-3)11-17(15)26-4/h8-9,11,13,16H,5-7,10,12H2,1-4H3,(H2,20,21,23,24)/p+1/t13-,16-/m1/s1. The van der Waals surface area contributed by atoms with E-state index in [2.05, 4.69) is 10.6 Å². The summed E-state index contributed by atoms with van der Waals surface area (Å²) in [6.07, 6.45) is 2.82. The Kier molecular flexibility index (Phi) is 7.26. The molecule has 0 aromatic heterocycles. The smallest absolute Gasteiger partial charge is 0.321 e. The number of likely N-dealkylation sites (tertiary alicyclic amines) is 1. The number of quaternary nitrogens is 1. The highest BCUT2D eigenvalue weighted by molar-refractivity contribution is 5.94. The summed E-state index contributed by atoms with van der Waals surface area (Å²) >= 11 is 0. The minimum atomic E-state index is -0.429. The normalized spacial score (nSPS) is 20.3. The van der Waals surface area contributed by atoms with Crippen molar-refractivity contribution in [2.24, 2.45) is 0 Å². The van der Waals surface area contributed by atoms with Crippen LogP contribution in [-0.2, 0) is 4.79 Å². The van der Waals surface area contributed by atoms with Crippen LogP contribution in [0.25, 0.3) is 0 Å². The van der Waals surface area contributed by atoms with Crippen LogP contribution in [-0.4, -0.2) is 45.3 Å². The van der Waals surface area contributed by atoms with Gasteiger partial charge in [-0.2, -0.15) is 0 Å². The molecule has 144 valence electrons. The van der Waals surface area contributed by atoms with Gasteiger partial charge in [0, 0.05) is 24.9 Å². The maximum absolute atomic E-state index is 12.3. The van der Waals surface area contributed by atoms with Crippen LogP contribution in [0.2, 0.25) is 0 Å². The molecule has 0 radical (unpaired) electrons. The number of methoxy groups -OCH3 is 2. The molecule has 1 aliphatic rings. The number of rotatable bonds is 7. The first-order valence-electron chi connectivity index (χ1n) is 9.15. The van der Waals surface area contributed by atoms with Crippen molar-refractivity contribution in [3.05, 3.63) is 23.8 Å². The Morgan fingerprint density at radius 1 is 1.31 bits per heavy atom. The second-order valence-electron chi connectivity index (χ2n) is 6.72. The minimum Gasteiger partial charge on any atom is -0.497 e. The summed E-state index contributed by atoms with van der Waals surface area (Å²) in [5.41, 5.74) is 1.07. The van der Waals surface area contributed by atoms with Gasteiger partial charge in [0.1, 0.15) is 17.5 Å². The summed E-state index contributed by atoms with van der Waals surface area (Å²) in [5, 5.41) is 5.17. The number of carbonyl (C=O) groups excluding carboxylic acids is 2. The van der Waals surface area contributed by atoms with Gasteiger partial charge in [0.25, 0.3) is 5.91 Å². The number of imide groups is 1. The van der Waals surface area contributed by atoms with E-state index in [4.69, 9.17) is 9.47 Å². The van der Waals surface area contributed by atoms with E-state index in [-0.39, 0.29) is 24.5 Å². The third-order valence-corrected chi connectivity index (χ3v) is 4.93. The third-order valence-electron chi connectivity index (χ3n) is 4.93. The molecular weight excluding hydrogens is 334 g/mol. The summed E-state index contributed by atoms with van der Waals surface area (Å²) in [7, 11) is 3.26. The molecule has 1 aromatic rings. The van der Waals surface area contributed by atoms with Gasteiger partial charge in [-0.05, 0) is 25.5 Å². The highest BCUT2D eigenvalue weighted by Gasteiger charge is 2.34. The number of hydrogen-bond acceptors (Lipinski definition) is 4. The molecule has 1 fully saturated rings. The molecule has 7 nitrogen and oxygen atoms in total. The largest absolute Gasteiger partial charge is 0.497 e. The van der Waals surface area contributed by atoms with Crippen LogP contribution in [0.5, 0.6) is 11.5 Å². The van der Waals surface area contributed by atoms with Crippen LogP contribution < -0.4 is 25.0 Å². The molecule has 0 bridgehead atoms. The number of hydrogen-bond donors (Lipinski definition) is 3. The molecule has 7 heteroatoms. The van der Waals surface area contributed by atoms with E-state index in [1.54, 1.807) is 14.2 Å². The molecule has 26 heavy (non-hydrogen) atoms. The van der Waals surface area contributed by atoms with Crippen LogP contribution in [0.4, 0.5) is 4.79 Å². The monoisotopic (exact) mass is 364 g/mol. The summed E-state index contributed by atoms with van der Waals surface area (Å²) in [6.45, 7) is 5.03. The van der Waals surface area contributed by atoms with Gasteiger partial charge in [-0.25, -0.2) is 4.79 Å². The molecule has 3 N–H and O–H groups in total. The van der Waals surface area contributed by atoms with Gasteiger partial charge in [-0.15, -0.1) is 0 Å². The highest BCUT2D eigenvalue weighted by Crippen LogP contribution is 2.31. The van der Waals surface area contributed by atoms with Gasteiger partial charge in [-0.1, -0.05) is 6.92 Å². The van der Waals surface area contributed by atoms with Gasteiger partial charge in [0.15, 0.2) is 6.54 Å². The first-order chi connectivity index (χ1) is 12.5. The average molecular weight is 364 g/mol. The molecule has 1 aliphatic heterocycles. The lowest BCUT2D eigenvalue weighted by Crippen LogP contribution is -3.11. The van der Waals surface area contributed by atoms with Gasteiger partial charge < -0.3 is 19.7 Å². The fraction of sp³-hybridized carbons (Fsp3) is 0.579. The average Bonchev–Trinajstić information content (AvgIpc) is 3.08. The van der Waals surface area contributed by atoms with E-state index >= 15 is 0 Å². The Morgan fingerprint density at radius 3 is 2.73 bits per heavy atom. The molecule has 0 spiro atoms.